The predicted molar refractivity (Wildman–Crippen MR) is 115 cm³/mol. The standard InChI is InChI=1S/C25H28O5/c1-14(2)5-7-16-11-18-22(12-21(16)27)29-13-25(28)19-9-10-20(26)17(8-6-15(3)4)23(19)30-24(18)25/h5-6,9-12,24,26-28H,7-8,13H2,1-4H3/t24-,25-/m1/s1. The summed E-state index contributed by atoms with van der Waals surface area (Å²) >= 11 is 0. The summed E-state index contributed by atoms with van der Waals surface area (Å²) < 4.78 is 12.1. The van der Waals surface area contributed by atoms with Crippen LogP contribution in [0.15, 0.2) is 47.6 Å². The molecule has 0 bridgehead atoms. The van der Waals surface area contributed by atoms with Crippen LogP contribution in [0.3, 0.4) is 0 Å². The second-order valence-electron chi connectivity index (χ2n) is 8.64. The summed E-state index contributed by atoms with van der Waals surface area (Å²) in [5, 5.41) is 32.4. The molecule has 0 amide bonds. The third-order valence-electron chi connectivity index (χ3n) is 5.76. The van der Waals surface area contributed by atoms with E-state index in [0.29, 0.717) is 41.0 Å². The van der Waals surface area contributed by atoms with E-state index >= 15 is 0 Å². The summed E-state index contributed by atoms with van der Waals surface area (Å²) in [4.78, 5) is 0. The molecule has 158 valence electrons. The van der Waals surface area contributed by atoms with E-state index in [1.54, 1.807) is 18.2 Å². The van der Waals surface area contributed by atoms with Crippen LogP contribution in [0.4, 0.5) is 0 Å². The molecular formula is C25H28O5. The van der Waals surface area contributed by atoms with Gasteiger partial charge in [0.2, 0.25) is 0 Å². The van der Waals surface area contributed by atoms with Crippen LogP contribution in [0, 0.1) is 0 Å². The first-order chi connectivity index (χ1) is 14.2. The Balaban J connectivity index is 1.79. The fraction of sp³-hybridized carbons (Fsp3) is 0.360. The zero-order valence-electron chi connectivity index (χ0n) is 17.8. The number of fused-ring (bicyclic) bond motifs is 5. The lowest BCUT2D eigenvalue weighted by Crippen LogP contribution is -2.41. The molecule has 0 saturated carbocycles. The minimum Gasteiger partial charge on any atom is -0.508 e. The van der Waals surface area contributed by atoms with Crippen molar-refractivity contribution in [2.45, 2.75) is 52.2 Å². The van der Waals surface area contributed by atoms with Gasteiger partial charge in [0, 0.05) is 22.8 Å². The Morgan fingerprint density at radius 2 is 1.73 bits per heavy atom. The van der Waals surface area contributed by atoms with Gasteiger partial charge in [0.05, 0.1) is 0 Å². The molecule has 3 N–H and O–H groups in total. The van der Waals surface area contributed by atoms with E-state index in [0.717, 1.165) is 16.7 Å². The molecule has 2 aromatic carbocycles. The number of aliphatic hydroxyl groups is 1. The van der Waals surface area contributed by atoms with Crippen molar-refractivity contribution in [1.82, 2.24) is 0 Å². The first-order valence-corrected chi connectivity index (χ1v) is 10.2. The van der Waals surface area contributed by atoms with Crippen molar-refractivity contribution in [2.75, 3.05) is 6.61 Å². The molecule has 0 spiro atoms. The Bertz CT molecular complexity index is 1060. The Morgan fingerprint density at radius 1 is 1.03 bits per heavy atom. The van der Waals surface area contributed by atoms with Crippen LogP contribution in [-0.2, 0) is 18.4 Å². The van der Waals surface area contributed by atoms with Gasteiger partial charge in [-0.25, -0.2) is 0 Å². The fourth-order valence-corrected chi connectivity index (χ4v) is 4.06. The largest absolute Gasteiger partial charge is 0.508 e. The zero-order valence-corrected chi connectivity index (χ0v) is 17.8. The molecule has 2 atom stereocenters. The first kappa shape index (κ1) is 20.4. The number of hydrogen-bond acceptors (Lipinski definition) is 5. The molecule has 2 heterocycles. The van der Waals surface area contributed by atoms with Crippen molar-refractivity contribution in [3.05, 3.63) is 69.8 Å². The summed E-state index contributed by atoms with van der Waals surface area (Å²) in [5.41, 5.74) is 3.64. The number of phenolic OH excluding ortho intramolecular Hbond substituents is 2. The quantitative estimate of drug-likeness (QED) is 0.632. The molecule has 0 aromatic heterocycles. The summed E-state index contributed by atoms with van der Waals surface area (Å²) in [6, 6.07) is 6.75. The third-order valence-corrected chi connectivity index (χ3v) is 5.76. The number of ether oxygens (including phenoxy) is 2. The highest BCUT2D eigenvalue weighted by molar-refractivity contribution is 5.59. The van der Waals surface area contributed by atoms with Gasteiger partial charge in [-0.3, -0.25) is 0 Å². The summed E-state index contributed by atoms with van der Waals surface area (Å²) in [6.07, 6.45) is 4.47. The zero-order chi connectivity index (χ0) is 21.6. The SMILES string of the molecule is CC(C)=CCc1cc2c(cc1O)OC[C@@]1(O)c3ccc(O)c(CC=C(C)C)c3O[C@H]21. The molecule has 0 saturated heterocycles. The van der Waals surface area contributed by atoms with Gasteiger partial charge >= 0.3 is 0 Å². The lowest BCUT2D eigenvalue weighted by Gasteiger charge is -2.35. The number of benzene rings is 2. The second kappa shape index (κ2) is 7.40. The normalized spacial score (nSPS) is 20.9. The second-order valence-corrected chi connectivity index (χ2v) is 8.64. The third kappa shape index (κ3) is 3.33. The van der Waals surface area contributed by atoms with Crippen molar-refractivity contribution in [3.63, 3.8) is 0 Å². The van der Waals surface area contributed by atoms with Gasteiger partial charge in [0.15, 0.2) is 11.7 Å². The number of allylic oxidation sites excluding steroid dienone is 4. The maximum absolute atomic E-state index is 11.6. The van der Waals surface area contributed by atoms with Crippen molar-refractivity contribution in [1.29, 1.82) is 0 Å². The molecule has 0 fully saturated rings. The molecular weight excluding hydrogens is 380 g/mol. The van der Waals surface area contributed by atoms with Crippen molar-refractivity contribution < 1.29 is 24.8 Å². The summed E-state index contributed by atoms with van der Waals surface area (Å²) in [6.45, 7) is 8.03. The number of aromatic hydroxyl groups is 2. The van der Waals surface area contributed by atoms with Gasteiger partial charge in [0.25, 0.3) is 0 Å². The molecule has 0 radical (unpaired) electrons. The number of phenols is 2. The van der Waals surface area contributed by atoms with Gasteiger partial charge in [0.1, 0.15) is 29.6 Å². The van der Waals surface area contributed by atoms with Crippen LogP contribution in [0.5, 0.6) is 23.0 Å². The van der Waals surface area contributed by atoms with E-state index < -0.39 is 11.7 Å². The van der Waals surface area contributed by atoms with Gasteiger partial charge in [-0.2, -0.15) is 0 Å². The Kier molecular flexibility index (Phi) is 5.02. The van der Waals surface area contributed by atoms with Crippen LogP contribution in [0.1, 0.15) is 56.1 Å². The first-order valence-electron chi connectivity index (χ1n) is 10.2. The van der Waals surface area contributed by atoms with Crippen molar-refractivity contribution in [3.8, 4) is 23.0 Å². The topological polar surface area (TPSA) is 79.2 Å². The van der Waals surface area contributed by atoms with E-state index in [1.165, 1.54) is 0 Å². The van der Waals surface area contributed by atoms with Crippen molar-refractivity contribution >= 4 is 0 Å². The molecule has 2 aromatic rings. The Hall–Kier alpha value is -2.92. The maximum Gasteiger partial charge on any atom is 0.168 e. The molecule has 5 nitrogen and oxygen atoms in total. The van der Waals surface area contributed by atoms with Crippen molar-refractivity contribution in [2.24, 2.45) is 0 Å². The van der Waals surface area contributed by atoms with Gasteiger partial charge < -0.3 is 24.8 Å². The van der Waals surface area contributed by atoms with Gasteiger partial charge in [-0.1, -0.05) is 23.3 Å². The molecule has 0 aliphatic carbocycles. The highest BCUT2D eigenvalue weighted by Gasteiger charge is 2.54. The van der Waals surface area contributed by atoms with Crippen LogP contribution < -0.4 is 9.47 Å². The maximum atomic E-state index is 11.6. The van der Waals surface area contributed by atoms with E-state index in [4.69, 9.17) is 9.47 Å². The number of hydrogen-bond donors (Lipinski definition) is 3. The Labute approximate surface area is 176 Å². The monoisotopic (exact) mass is 408 g/mol. The average Bonchev–Trinajstić information content (AvgIpc) is 2.98. The molecule has 30 heavy (non-hydrogen) atoms. The minimum atomic E-state index is -1.36. The van der Waals surface area contributed by atoms with E-state index in [-0.39, 0.29) is 18.1 Å². The molecule has 2 aliphatic heterocycles. The van der Waals surface area contributed by atoms with Crippen LogP contribution >= 0.6 is 0 Å². The van der Waals surface area contributed by atoms with Gasteiger partial charge in [-0.05, 0) is 64.3 Å². The van der Waals surface area contributed by atoms with E-state index in [1.807, 2.05) is 45.9 Å². The molecule has 2 aliphatic rings. The molecule has 0 unspecified atom stereocenters. The highest BCUT2D eigenvalue weighted by atomic mass is 16.5. The average molecular weight is 408 g/mol. The van der Waals surface area contributed by atoms with Crippen LogP contribution in [-0.4, -0.2) is 21.9 Å². The predicted octanol–water partition coefficient (Wildman–Crippen LogP) is 4.83. The lowest BCUT2D eigenvalue weighted by molar-refractivity contribution is -0.0865. The molecule has 5 heteroatoms. The highest BCUT2D eigenvalue weighted by Crippen LogP contribution is 2.56. The summed E-state index contributed by atoms with van der Waals surface area (Å²) in [5.74, 6) is 1.32. The Morgan fingerprint density at radius 3 is 2.43 bits per heavy atom. The van der Waals surface area contributed by atoms with E-state index in [9.17, 15) is 15.3 Å². The fourth-order valence-electron chi connectivity index (χ4n) is 4.06. The van der Waals surface area contributed by atoms with Gasteiger partial charge in [-0.15, -0.1) is 0 Å². The number of rotatable bonds is 4. The van der Waals surface area contributed by atoms with Crippen LogP contribution in [0.2, 0.25) is 0 Å². The van der Waals surface area contributed by atoms with E-state index in [2.05, 4.69) is 0 Å². The molecule has 4 rings (SSSR count). The minimum absolute atomic E-state index is 0.0112. The lowest BCUT2D eigenvalue weighted by atomic mass is 9.83. The van der Waals surface area contributed by atoms with Crippen LogP contribution in [0.25, 0.3) is 0 Å². The summed E-state index contributed by atoms with van der Waals surface area (Å²) in [7, 11) is 0. The smallest absolute Gasteiger partial charge is 0.168 e.